The van der Waals surface area contributed by atoms with Crippen LogP contribution in [0.3, 0.4) is 0 Å². The molecular formula is C21H27BrN4O2. The molecule has 0 aromatic heterocycles. The molecule has 1 fully saturated rings. The summed E-state index contributed by atoms with van der Waals surface area (Å²) in [6.07, 6.45) is 1.06. The highest BCUT2D eigenvalue weighted by molar-refractivity contribution is 9.10. The molecule has 2 aromatic rings. The SMILES string of the molecule is CCNC(=NCc1ccc(OC)c(O)c1)NC1CCN(c2ccc(Br)cc2)C1. The fourth-order valence-electron chi connectivity index (χ4n) is 3.28. The molecule has 28 heavy (non-hydrogen) atoms. The first kappa shape index (κ1) is 20.3. The summed E-state index contributed by atoms with van der Waals surface area (Å²) < 4.78 is 6.18. The predicted octanol–water partition coefficient (Wildman–Crippen LogP) is 3.50. The van der Waals surface area contributed by atoms with Crippen LogP contribution in [0.15, 0.2) is 51.9 Å². The number of guanidine groups is 1. The third-order valence-electron chi connectivity index (χ3n) is 4.73. The Hall–Kier alpha value is -2.41. The van der Waals surface area contributed by atoms with Gasteiger partial charge < -0.3 is 25.4 Å². The third kappa shape index (κ3) is 5.32. The molecule has 1 heterocycles. The van der Waals surface area contributed by atoms with Crippen LogP contribution in [0.2, 0.25) is 0 Å². The van der Waals surface area contributed by atoms with Crippen molar-refractivity contribution in [3.05, 3.63) is 52.5 Å². The molecule has 150 valence electrons. The van der Waals surface area contributed by atoms with Crippen molar-refractivity contribution in [2.24, 2.45) is 4.99 Å². The van der Waals surface area contributed by atoms with Crippen LogP contribution < -0.4 is 20.3 Å². The van der Waals surface area contributed by atoms with Gasteiger partial charge >= 0.3 is 0 Å². The van der Waals surface area contributed by atoms with Crippen molar-refractivity contribution in [1.29, 1.82) is 0 Å². The van der Waals surface area contributed by atoms with Gasteiger partial charge in [-0.2, -0.15) is 0 Å². The summed E-state index contributed by atoms with van der Waals surface area (Å²) in [4.78, 5) is 7.06. The van der Waals surface area contributed by atoms with E-state index in [-0.39, 0.29) is 5.75 Å². The number of phenolic OH excluding ortho intramolecular Hbond substituents is 1. The van der Waals surface area contributed by atoms with Crippen molar-refractivity contribution < 1.29 is 9.84 Å². The first-order valence-electron chi connectivity index (χ1n) is 9.50. The maximum absolute atomic E-state index is 9.93. The fourth-order valence-corrected chi connectivity index (χ4v) is 3.55. The molecule has 0 aliphatic carbocycles. The highest BCUT2D eigenvalue weighted by atomic mass is 79.9. The van der Waals surface area contributed by atoms with Crippen molar-refractivity contribution in [1.82, 2.24) is 10.6 Å². The van der Waals surface area contributed by atoms with E-state index in [1.165, 1.54) is 5.69 Å². The van der Waals surface area contributed by atoms with Gasteiger partial charge in [0.15, 0.2) is 17.5 Å². The van der Waals surface area contributed by atoms with Crippen LogP contribution >= 0.6 is 15.9 Å². The van der Waals surface area contributed by atoms with E-state index >= 15 is 0 Å². The molecule has 3 N–H and O–H groups in total. The van der Waals surface area contributed by atoms with Gasteiger partial charge in [0.25, 0.3) is 0 Å². The van der Waals surface area contributed by atoms with Gasteiger partial charge in [-0.05, 0) is 55.3 Å². The van der Waals surface area contributed by atoms with Gasteiger partial charge in [0.2, 0.25) is 0 Å². The topological polar surface area (TPSA) is 69.1 Å². The van der Waals surface area contributed by atoms with Crippen molar-refractivity contribution >= 4 is 27.6 Å². The van der Waals surface area contributed by atoms with Crippen LogP contribution in [0.4, 0.5) is 5.69 Å². The normalized spacial score (nSPS) is 16.9. The van der Waals surface area contributed by atoms with Gasteiger partial charge in [-0.15, -0.1) is 0 Å². The van der Waals surface area contributed by atoms with Crippen molar-refractivity contribution in [2.75, 3.05) is 31.6 Å². The molecule has 0 spiro atoms. The van der Waals surface area contributed by atoms with E-state index in [2.05, 4.69) is 67.6 Å². The second-order valence-corrected chi connectivity index (χ2v) is 7.67. The van der Waals surface area contributed by atoms with Crippen molar-refractivity contribution in [2.45, 2.75) is 25.9 Å². The largest absolute Gasteiger partial charge is 0.504 e. The van der Waals surface area contributed by atoms with E-state index in [0.29, 0.717) is 18.3 Å². The summed E-state index contributed by atoms with van der Waals surface area (Å²) in [6, 6.07) is 14.1. The monoisotopic (exact) mass is 446 g/mol. The van der Waals surface area contributed by atoms with E-state index < -0.39 is 0 Å². The van der Waals surface area contributed by atoms with Crippen LogP contribution in [0.5, 0.6) is 11.5 Å². The molecule has 1 saturated heterocycles. The van der Waals surface area contributed by atoms with Gasteiger partial charge in [-0.25, -0.2) is 4.99 Å². The molecule has 0 saturated carbocycles. The molecule has 1 aliphatic heterocycles. The number of rotatable bonds is 6. The van der Waals surface area contributed by atoms with Crippen LogP contribution in [0.1, 0.15) is 18.9 Å². The zero-order valence-corrected chi connectivity index (χ0v) is 17.9. The lowest BCUT2D eigenvalue weighted by molar-refractivity contribution is 0.373. The summed E-state index contributed by atoms with van der Waals surface area (Å²) >= 11 is 3.49. The molecule has 1 unspecified atom stereocenters. The van der Waals surface area contributed by atoms with Crippen molar-refractivity contribution in [3.8, 4) is 11.5 Å². The Bertz CT molecular complexity index is 811. The number of nitrogens with zero attached hydrogens (tertiary/aromatic N) is 2. The number of hydrogen-bond acceptors (Lipinski definition) is 4. The van der Waals surface area contributed by atoms with Gasteiger partial charge in [0.1, 0.15) is 0 Å². The lowest BCUT2D eigenvalue weighted by Crippen LogP contribution is -2.44. The number of anilines is 1. The smallest absolute Gasteiger partial charge is 0.191 e. The van der Waals surface area contributed by atoms with Crippen molar-refractivity contribution in [3.63, 3.8) is 0 Å². The molecule has 1 atom stereocenters. The number of aromatic hydroxyl groups is 1. The Kier molecular flexibility index (Phi) is 7.03. The van der Waals surface area contributed by atoms with Crippen LogP contribution in [0, 0.1) is 0 Å². The molecular weight excluding hydrogens is 420 g/mol. The average Bonchev–Trinajstić information content (AvgIpc) is 3.15. The molecule has 2 aromatic carbocycles. The standard InChI is InChI=1S/C21H27BrN4O2/c1-3-23-21(24-13-15-4-9-20(28-2)19(27)12-15)25-17-10-11-26(14-17)18-7-5-16(22)6-8-18/h4-9,12,17,27H,3,10-11,13-14H2,1-2H3,(H2,23,24,25). The minimum atomic E-state index is 0.133. The molecule has 0 amide bonds. The molecule has 1 aliphatic rings. The Balaban J connectivity index is 1.60. The van der Waals surface area contributed by atoms with E-state index in [0.717, 1.165) is 42.1 Å². The maximum Gasteiger partial charge on any atom is 0.191 e. The van der Waals surface area contributed by atoms with Gasteiger partial charge in [0, 0.05) is 35.8 Å². The summed E-state index contributed by atoms with van der Waals surface area (Å²) in [5.74, 6) is 1.39. The second-order valence-electron chi connectivity index (χ2n) is 6.75. The van der Waals surface area contributed by atoms with E-state index in [1.54, 1.807) is 19.2 Å². The van der Waals surface area contributed by atoms with Gasteiger partial charge in [-0.3, -0.25) is 0 Å². The van der Waals surface area contributed by atoms with Crippen LogP contribution in [-0.2, 0) is 6.54 Å². The molecule has 0 bridgehead atoms. The number of methoxy groups -OCH3 is 1. The minimum Gasteiger partial charge on any atom is -0.504 e. The number of aliphatic imine (C=N–C) groups is 1. The number of nitrogens with one attached hydrogen (secondary N) is 2. The zero-order valence-electron chi connectivity index (χ0n) is 16.3. The first-order valence-corrected chi connectivity index (χ1v) is 10.3. The quantitative estimate of drug-likeness (QED) is 0.467. The summed E-state index contributed by atoms with van der Waals surface area (Å²) in [5.41, 5.74) is 2.17. The fraction of sp³-hybridized carbons (Fsp3) is 0.381. The molecule has 7 heteroatoms. The van der Waals surface area contributed by atoms with Gasteiger partial charge in [0.05, 0.1) is 13.7 Å². The van der Waals surface area contributed by atoms with E-state index in [4.69, 9.17) is 4.74 Å². The summed E-state index contributed by atoms with van der Waals surface area (Å²) in [6.45, 7) is 5.29. The third-order valence-corrected chi connectivity index (χ3v) is 5.26. The van der Waals surface area contributed by atoms with E-state index in [1.807, 2.05) is 6.07 Å². The number of ether oxygens (including phenoxy) is 1. The van der Waals surface area contributed by atoms with Crippen LogP contribution in [0.25, 0.3) is 0 Å². The number of benzene rings is 2. The Labute approximate surface area is 174 Å². The summed E-state index contributed by atoms with van der Waals surface area (Å²) in [5, 5.41) is 16.8. The zero-order chi connectivity index (χ0) is 19.9. The number of hydrogen-bond donors (Lipinski definition) is 3. The Morgan fingerprint density at radius 2 is 2.07 bits per heavy atom. The Morgan fingerprint density at radius 3 is 2.75 bits per heavy atom. The van der Waals surface area contributed by atoms with Gasteiger partial charge in [-0.1, -0.05) is 22.0 Å². The maximum atomic E-state index is 9.93. The second kappa shape index (κ2) is 9.68. The van der Waals surface area contributed by atoms with Crippen LogP contribution in [-0.4, -0.2) is 43.9 Å². The highest BCUT2D eigenvalue weighted by Crippen LogP contribution is 2.26. The number of halogens is 1. The summed E-state index contributed by atoms with van der Waals surface area (Å²) in [7, 11) is 1.54. The number of phenols is 1. The molecule has 0 radical (unpaired) electrons. The average molecular weight is 447 g/mol. The Morgan fingerprint density at radius 1 is 1.29 bits per heavy atom. The minimum absolute atomic E-state index is 0.133. The molecule has 6 nitrogen and oxygen atoms in total. The van der Waals surface area contributed by atoms with E-state index in [9.17, 15) is 5.11 Å². The predicted molar refractivity (Wildman–Crippen MR) is 117 cm³/mol. The highest BCUT2D eigenvalue weighted by Gasteiger charge is 2.23. The lowest BCUT2D eigenvalue weighted by atomic mass is 10.2. The lowest BCUT2D eigenvalue weighted by Gasteiger charge is -2.20. The molecule has 3 rings (SSSR count). The first-order chi connectivity index (χ1) is 13.6.